The first kappa shape index (κ1) is 22.1. The summed E-state index contributed by atoms with van der Waals surface area (Å²) in [7, 11) is 0. The van der Waals surface area contributed by atoms with E-state index in [0.29, 0.717) is 11.8 Å². The van der Waals surface area contributed by atoms with Crippen LogP contribution in [0.1, 0.15) is 60.9 Å². The summed E-state index contributed by atoms with van der Waals surface area (Å²) < 4.78 is 0. The van der Waals surface area contributed by atoms with Gasteiger partial charge < -0.3 is 15.3 Å². The van der Waals surface area contributed by atoms with E-state index >= 15 is 0 Å². The number of aliphatic hydroxyl groups excluding tert-OH is 1. The fourth-order valence-corrected chi connectivity index (χ4v) is 5.34. The number of aliphatic hydroxyl groups is 1. The Morgan fingerprint density at radius 1 is 1.12 bits per heavy atom. The largest absolute Gasteiger partial charge is 0.387 e. The van der Waals surface area contributed by atoms with Gasteiger partial charge in [-0.25, -0.2) is 9.97 Å². The van der Waals surface area contributed by atoms with Crippen molar-refractivity contribution in [1.82, 2.24) is 20.2 Å². The third-order valence-corrected chi connectivity index (χ3v) is 7.54. The van der Waals surface area contributed by atoms with Gasteiger partial charge in [0.15, 0.2) is 0 Å². The van der Waals surface area contributed by atoms with Crippen LogP contribution in [0.3, 0.4) is 0 Å². The number of piperazine rings is 1. The van der Waals surface area contributed by atoms with Crippen LogP contribution >= 0.6 is 11.6 Å². The number of fused-ring (bicyclic) bond motifs is 1. The van der Waals surface area contributed by atoms with Gasteiger partial charge in [-0.15, -0.1) is 0 Å². The number of hydrogen-bond acceptors (Lipinski definition) is 6. The lowest BCUT2D eigenvalue weighted by Gasteiger charge is -2.38. The summed E-state index contributed by atoms with van der Waals surface area (Å²) in [6.07, 6.45) is 4.67. The molecule has 2 aromatic rings. The van der Waals surface area contributed by atoms with Crippen LogP contribution in [0.15, 0.2) is 30.6 Å². The third-order valence-electron chi connectivity index (χ3n) is 7.29. The number of benzene rings is 1. The predicted molar refractivity (Wildman–Crippen MR) is 128 cm³/mol. The van der Waals surface area contributed by atoms with Gasteiger partial charge in [-0.3, -0.25) is 4.90 Å². The molecule has 32 heavy (non-hydrogen) atoms. The zero-order chi connectivity index (χ0) is 22.1. The van der Waals surface area contributed by atoms with Crippen LogP contribution in [0, 0.1) is 5.92 Å². The van der Waals surface area contributed by atoms with E-state index in [2.05, 4.69) is 44.1 Å². The van der Waals surface area contributed by atoms with E-state index in [0.717, 1.165) is 80.2 Å². The molecule has 1 saturated heterocycles. The SMILES string of the molecule is C[C@@H]1C[C@@H](O)c2ncnc(N3CCN(CC(CNCC4CC4)c4ccc(Cl)cc4)CC3)c21. The molecule has 7 heteroatoms. The first-order valence-corrected chi connectivity index (χ1v) is 12.4. The Hall–Kier alpha value is -1.73. The summed E-state index contributed by atoms with van der Waals surface area (Å²) in [5.74, 6) is 2.68. The Labute approximate surface area is 196 Å². The molecule has 1 unspecified atom stereocenters. The van der Waals surface area contributed by atoms with Crippen molar-refractivity contribution in [3.8, 4) is 0 Å². The van der Waals surface area contributed by atoms with Gasteiger partial charge in [-0.1, -0.05) is 30.7 Å². The molecule has 2 fully saturated rings. The van der Waals surface area contributed by atoms with Gasteiger partial charge in [0, 0.05) is 55.8 Å². The number of halogens is 1. The van der Waals surface area contributed by atoms with Gasteiger partial charge >= 0.3 is 0 Å². The Bertz CT molecular complexity index is 911. The van der Waals surface area contributed by atoms with E-state index in [1.165, 1.54) is 18.4 Å². The summed E-state index contributed by atoms with van der Waals surface area (Å²) in [5.41, 5.74) is 3.34. The van der Waals surface area contributed by atoms with E-state index in [1.54, 1.807) is 6.33 Å². The molecule has 3 atom stereocenters. The minimum Gasteiger partial charge on any atom is -0.387 e. The molecule has 3 aliphatic rings. The van der Waals surface area contributed by atoms with Crippen molar-refractivity contribution in [2.24, 2.45) is 5.92 Å². The molecule has 1 aromatic carbocycles. The Balaban J connectivity index is 1.22. The lowest BCUT2D eigenvalue weighted by molar-refractivity contribution is 0.170. The van der Waals surface area contributed by atoms with Crippen LogP contribution in [0.4, 0.5) is 5.82 Å². The van der Waals surface area contributed by atoms with E-state index in [9.17, 15) is 5.11 Å². The van der Waals surface area contributed by atoms with Gasteiger partial charge in [-0.2, -0.15) is 0 Å². The summed E-state index contributed by atoms with van der Waals surface area (Å²) >= 11 is 6.14. The molecule has 2 N–H and O–H groups in total. The second-order valence-corrected chi connectivity index (χ2v) is 10.2. The standard InChI is InChI=1S/C25H34ClN5O/c1-17-12-22(32)24-23(17)25(29-16-28-24)31-10-8-30(9-11-31)15-20(14-27-13-18-2-3-18)19-4-6-21(26)7-5-19/h4-7,16-18,20,22,27,32H,2-3,8-15H2,1H3/t17-,20?,22-/m1/s1. The molecule has 1 saturated carbocycles. The predicted octanol–water partition coefficient (Wildman–Crippen LogP) is 3.58. The van der Waals surface area contributed by atoms with Crippen molar-refractivity contribution < 1.29 is 5.11 Å². The minimum atomic E-state index is -0.452. The van der Waals surface area contributed by atoms with Gasteiger partial charge in [0.1, 0.15) is 12.1 Å². The molecule has 172 valence electrons. The third kappa shape index (κ3) is 4.93. The highest BCUT2D eigenvalue weighted by Gasteiger charge is 2.34. The quantitative estimate of drug-likeness (QED) is 0.634. The molecule has 0 amide bonds. The van der Waals surface area contributed by atoms with Crippen molar-refractivity contribution in [1.29, 1.82) is 0 Å². The normalized spacial score (nSPS) is 24.5. The van der Waals surface area contributed by atoms with Crippen LogP contribution in [-0.2, 0) is 0 Å². The molecule has 6 nitrogen and oxygen atoms in total. The smallest absolute Gasteiger partial charge is 0.135 e. The van der Waals surface area contributed by atoms with Crippen molar-refractivity contribution in [3.63, 3.8) is 0 Å². The van der Waals surface area contributed by atoms with Crippen molar-refractivity contribution >= 4 is 17.4 Å². The van der Waals surface area contributed by atoms with E-state index < -0.39 is 6.10 Å². The molecule has 2 heterocycles. The monoisotopic (exact) mass is 455 g/mol. The molecule has 0 radical (unpaired) electrons. The number of anilines is 1. The number of hydrogen-bond donors (Lipinski definition) is 2. The summed E-state index contributed by atoms with van der Waals surface area (Å²) in [4.78, 5) is 14.0. The summed E-state index contributed by atoms with van der Waals surface area (Å²) in [6, 6.07) is 8.37. The fourth-order valence-electron chi connectivity index (χ4n) is 5.21. The average Bonchev–Trinajstić information content (AvgIpc) is 3.58. The van der Waals surface area contributed by atoms with Crippen LogP contribution in [0.5, 0.6) is 0 Å². The van der Waals surface area contributed by atoms with Crippen LogP contribution in [0.25, 0.3) is 0 Å². The van der Waals surface area contributed by atoms with Crippen molar-refractivity contribution in [3.05, 3.63) is 52.4 Å². The topological polar surface area (TPSA) is 64.5 Å². The second kappa shape index (κ2) is 9.64. The molecular weight excluding hydrogens is 422 g/mol. The lowest BCUT2D eigenvalue weighted by Crippen LogP contribution is -2.48. The van der Waals surface area contributed by atoms with E-state index in [1.807, 2.05) is 12.1 Å². The highest BCUT2D eigenvalue weighted by molar-refractivity contribution is 6.30. The van der Waals surface area contributed by atoms with Crippen molar-refractivity contribution in [2.45, 2.75) is 44.1 Å². The average molecular weight is 456 g/mol. The van der Waals surface area contributed by atoms with Crippen LogP contribution < -0.4 is 10.2 Å². The molecule has 1 aliphatic heterocycles. The maximum absolute atomic E-state index is 10.3. The zero-order valence-corrected chi connectivity index (χ0v) is 19.6. The molecular formula is C25H34ClN5O. The molecule has 2 aliphatic carbocycles. The number of nitrogens with zero attached hydrogens (tertiary/aromatic N) is 4. The van der Waals surface area contributed by atoms with Gasteiger partial charge in [0.2, 0.25) is 0 Å². The van der Waals surface area contributed by atoms with Gasteiger partial charge in [0.05, 0.1) is 11.8 Å². The maximum atomic E-state index is 10.3. The first-order chi connectivity index (χ1) is 15.6. The Kier molecular flexibility index (Phi) is 6.65. The maximum Gasteiger partial charge on any atom is 0.135 e. The number of nitrogens with one attached hydrogen (secondary N) is 1. The lowest BCUT2D eigenvalue weighted by atomic mass is 9.97. The van der Waals surface area contributed by atoms with Crippen LogP contribution in [0.2, 0.25) is 5.02 Å². The van der Waals surface area contributed by atoms with Crippen molar-refractivity contribution in [2.75, 3.05) is 50.7 Å². The second-order valence-electron chi connectivity index (χ2n) is 9.79. The minimum absolute atomic E-state index is 0.307. The fraction of sp³-hybridized carbons (Fsp3) is 0.600. The molecule has 5 rings (SSSR count). The highest BCUT2D eigenvalue weighted by Crippen LogP contribution is 2.42. The van der Waals surface area contributed by atoms with E-state index in [-0.39, 0.29) is 0 Å². The Morgan fingerprint density at radius 3 is 2.59 bits per heavy atom. The molecule has 0 spiro atoms. The highest BCUT2D eigenvalue weighted by atomic mass is 35.5. The van der Waals surface area contributed by atoms with E-state index in [4.69, 9.17) is 11.6 Å². The zero-order valence-electron chi connectivity index (χ0n) is 18.9. The molecule has 0 bridgehead atoms. The number of aromatic nitrogens is 2. The van der Waals surface area contributed by atoms with Gasteiger partial charge in [0.25, 0.3) is 0 Å². The number of rotatable bonds is 8. The van der Waals surface area contributed by atoms with Crippen LogP contribution in [-0.4, -0.2) is 65.8 Å². The Morgan fingerprint density at radius 2 is 1.88 bits per heavy atom. The first-order valence-electron chi connectivity index (χ1n) is 12.0. The van der Waals surface area contributed by atoms with Gasteiger partial charge in [-0.05, 0) is 55.3 Å². The summed E-state index contributed by atoms with van der Waals surface area (Å²) in [6.45, 7) is 9.30. The molecule has 1 aromatic heterocycles. The summed E-state index contributed by atoms with van der Waals surface area (Å²) in [5, 5.41) is 14.8.